The maximum atomic E-state index is 12.1. The van der Waals surface area contributed by atoms with Gasteiger partial charge in [-0.3, -0.25) is 0 Å². The van der Waals surface area contributed by atoms with Gasteiger partial charge in [0.25, 0.3) is 0 Å². The molecule has 2 aliphatic rings. The Morgan fingerprint density at radius 2 is 2.47 bits per heavy atom. The molecule has 0 aliphatic carbocycles. The van der Waals surface area contributed by atoms with Gasteiger partial charge in [0.1, 0.15) is 22.0 Å². The first kappa shape index (κ1) is 9.57. The molecular weight excluding hydrogens is 234 g/mol. The predicted octanol–water partition coefficient (Wildman–Crippen LogP) is 1.26. The van der Waals surface area contributed by atoms with E-state index in [9.17, 15) is 4.21 Å². The lowest BCUT2D eigenvalue weighted by molar-refractivity contribution is 0.535. The summed E-state index contributed by atoms with van der Waals surface area (Å²) in [4.78, 5) is 4.92. The summed E-state index contributed by atoms with van der Waals surface area (Å²) < 4.78 is 14.1. The lowest BCUT2D eigenvalue weighted by Gasteiger charge is -2.14. The summed E-state index contributed by atoms with van der Waals surface area (Å²) in [6.07, 6.45) is 1.01. The van der Waals surface area contributed by atoms with Gasteiger partial charge in [-0.25, -0.2) is 13.5 Å². The first-order valence-corrected chi connectivity index (χ1v) is 6.32. The van der Waals surface area contributed by atoms with Crippen LogP contribution in [0.1, 0.15) is 6.42 Å². The van der Waals surface area contributed by atoms with Gasteiger partial charge >= 0.3 is 0 Å². The third kappa shape index (κ3) is 1.55. The summed E-state index contributed by atoms with van der Waals surface area (Å²) in [6, 6.07) is 3.82. The van der Waals surface area contributed by atoms with Crippen LogP contribution >= 0.6 is 11.6 Å². The van der Waals surface area contributed by atoms with Crippen molar-refractivity contribution in [3.8, 4) is 0 Å². The van der Waals surface area contributed by atoms with E-state index in [1.807, 2.05) is 4.31 Å². The van der Waals surface area contributed by atoms with Crippen molar-refractivity contribution in [2.24, 2.45) is 0 Å². The maximum Gasteiger partial charge on any atom is 0.145 e. The van der Waals surface area contributed by atoms with Crippen LogP contribution < -0.4 is 5.32 Å². The smallest absolute Gasteiger partial charge is 0.145 e. The normalized spacial score (nSPS) is 33.0. The monoisotopic (exact) mass is 243 g/mol. The average Bonchev–Trinajstić information content (AvgIpc) is 2.60. The zero-order chi connectivity index (χ0) is 10.4. The van der Waals surface area contributed by atoms with E-state index < -0.39 is 11.0 Å². The minimum Gasteiger partial charge on any atom is -0.365 e. The van der Waals surface area contributed by atoms with E-state index in [-0.39, 0.29) is 0 Å². The van der Waals surface area contributed by atoms with Gasteiger partial charge in [0, 0.05) is 19.1 Å². The number of pyridine rings is 1. The Hall–Kier alpha value is -0.650. The van der Waals surface area contributed by atoms with Gasteiger partial charge < -0.3 is 5.32 Å². The molecule has 3 rings (SSSR count). The number of aromatic nitrogens is 1. The summed E-state index contributed by atoms with van der Waals surface area (Å²) in [7, 11) is -1.09. The van der Waals surface area contributed by atoms with E-state index in [1.165, 1.54) is 0 Å². The number of rotatable bonds is 0. The van der Waals surface area contributed by atoms with Crippen molar-refractivity contribution in [3.63, 3.8) is 0 Å². The summed E-state index contributed by atoms with van der Waals surface area (Å²) in [5.41, 5.74) is 0. The molecule has 0 saturated carbocycles. The minimum atomic E-state index is -1.09. The largest absolute Gasteiger partial charge is 0.365 e. The van der Waals surface area contributed by atoms with Crippen molar-refractivity contribution in [2.45, 2.75) is 17.4 Å². The van der Waals surface area contributed by atoms with Gasteiger partial charge in [-0.15, -0.1) is 0 Å². The Kier molecular flexibility index (Phi) is 2.19. The van der Waals surface area contributed by atoms with E-state index in [1.54, 1.807) is 12.1 Å². The van der Waals surface area contributed by atoms with Crippen LogP contribution in [-0.4, -0.2) is 32.6 Å². The molecule has 1 aromatic rings. The molecule has 3 heterocycles. The molecule has 0 aromatic carbocycles. The van der Waals surface area contributed by atoms with E-state index in [4.69, 9.17) is 11.6 Å². The van der Waals surface area contributed by atoms with Gasteiger partial charge in [-0.1, -0.05) is 11.6 Å². The van der Waals surface area contributed by atoms with Gasteiger partial charge in [-0.05, 0) is 18.6 Å². The molecule has 1 N–H and O–H groups in total. The Bertz CT molecular complexity index is 439. The lowest BCUT2D eigenvalue weighted by atomic mass is 10.2. The molecule has 80 valence electrons. The first-order chi connectivity index (χ1) is 7.24. The lowest BCUT2D eigenvalue weighted by Crippen LogP contribution is -2.23. The molecule has 0 spiro atoms. The fourth-order valence-electron chi connectivity index (χ4n) is 2.00. The van der Waals surface area contributed by atoms with E-state index in [2.05, 4.69) is 10.3 Å². The molecule has 1 aromatic heterocycles. The zero-order valence-electron chi connectivity index (χ0n) is 7.94. The highest BCUT2D eigenvalue weighted by molar-refractivity contribution is 7.82. The van der Waals surface area contributed by atoms with Crippen LogP contribution in [0, 0.1) is 0 Å². The number of hydrogen-bond donors (Lipinski definition) is 1. The third-order valence-corrected chi connectivity index (χ3v) is 4.46. The van der Waals surface area contributed by atoms with E-state index >= 15 is 0 Å². The molecule has 3 atom stereocenters. The number of anilines is 1. The molecule has 1 fully saturated rings. The Morgan fingerprint density at radius 1 is 1.60 bits per heavy atom. The molecule has 15 heavy (non-hydrogen) atoms. The first-order valence-electron chi connectivity index (χ1n) is 4.84. The number of hydrogen-bond acceptors (Lipinski definition) is 3. The second-order valence-electron chi connectivity index (χ2n) is 3.75. The Balaban J connectivity index is 2.12. The topological polar surface area (TPSA) is 45.2 Å². The van der Waals surface area contributed by atoms with Gasteiger partial charge in [0.2, 0.25) is 0 Å². The highest BCUT2D eigenvalue weighted by Crippen LogP contribution is 2.29. The standard InChI is InChI=1S/C9H10ClN3OS/c10-8-2-1-7-9(12-8)11-6-3-4-13(5-6)15(7)14/h1-2,6H,3-5H2,(H,11,12)/t6-,15?/m0/s1. The SMILES string of the molecule is O=S1c2ccc(Cl)nc2N[C@H]2CCN1C2. The maximum absolute atomic E-state index is 12.1. The molecule has 6 heteroatoms. The molecular formula is C9H10ClN3OS. The summed E-state index contributed by atoms with van der Waals surface area (Å²) >= 11 is 5.82. The van der Waals surface area contributed by atoms with Crippen LogP contribution in [0.25, 0.3) is 0 Å². The fraction of sp³-hybridized carbons (Fsp3) is 0.444. The van der Waals surface area contributed by atoms with Crippen molar-refractivity contribution in [1.29, 1.82) is 0 Å². The number of nitrogens with one attached hydrogen (secondary N) is 1. The van der Waals surface area contributed by atoms with Crippen LogP contribution in [0.15, 0.2) is 17.0 Å². The van der Waals surface area contributed by atoms with Crippen LogP contribution in [-0.2, 0) is 11.0 Å². The van der Waals surface area contributed by atoms with Crippen molar-refractivity contribution in [3.05, 3.63) is 17.3 Å². The molecule has 2 aliphatic heterocycles. The van der Waals surface area contributed by atoms with Crippen molar-refractivity contribution in [2.75, 3.05) is 18.4 Å². The van der Waals surface area contributed by atoms with Crippen molar-refractivity contribution < 1.29 is 4.21 Å². The van der Waals surface area contributed by atoms with Gasteiger partial charge in [0.05, 0.1) is 4.90 Å². The van der Waals surface area contributed by atoms with Gasteiger partial charge in [-0.2, -0.15) is 0 Å². The molecule has 1 saturated heterocycles. The van der Waals surface area contributed by atoms with E-state index in [0.29, 0.717) is 17.0 Å². The summed E-state index contributed by atoms with van der Waals surface area (Å²) in [5, 5.41) is 3.73. The zero-order valence-corrected chi connectivity index (χ0v) is 9.51. The quantitative estimate of drug-likeness (QED) is 0.698. The third-order valence-electron chi connectivity index (χ3n) is 2.74. The fourth-order valence-corrected chi connectivity index (χ4v) is 3.46. The van der Waals surface area contributed by atoms with Crippen LogP contribution in [0.5, 0.6) is 0 Å². The predicted molar refractivity (Wildman–Crippen MR) is 59.3 cm³/mol. The molecule has 4 nitrogen and oxygen atoms in total. The van der Waals surface area contributed by atoms with E-state index in [0.717, 1.165) is 24.4 Å². The Morgan fingerprint density at radius 3 is 3.33 bits per heavy atom. The molecule has 2 unspecified atom stereocenters. The second kappa shape index (κ2) is 3.43. The highest BCUT2D eigenvalue weighted by atomic mass is 35.5. The van der Waals surface area contributed by atoms with Crippen LogP contribution in [0.3, 0.4) is 0 Å². The average molecular weight is 244 g/mol. The minimum absolute atomic E-state index is 0.348. The number of halogens is 1. The number of fused-ring (bicyclic) bond motifs is 3. The highest BCUT2D eigenvalue weighted by Gasteiger charge is 2.32. The van der Waals surface area contributed by atoms with Crippen molar-refractivity contribution in [1.82, 2.24) is 9.29 Å². The molecule has 0 radical (unpaired) electrons. The second-order valence-corrected chi connectivity index (χ2v) is 5.59. The molecule has 0 amide bonds. The van der Waals surface area contributed by atoms with Crippen LogP contribution in [0.4, 0.5) is 5.82 Å². The summed E-state index contributed by atoms with van der Waals surface area (Å²) in [5.74, 6) is 0.674. The number of nitrogens with zero attached hydrogens (tertiary/aromatic N) is 2. The van der Waals surface area contributed by atoms with Crippen LogP contribution in [0.2, 0.25) is 5.15 Å². The van der Waals surface area contributed by atoms with Crippen molar-refractivity contribution >= 4 is 28.4 Å². The van der Waals surface area contributed by atoms with Gasteiger partial charge in [0.15, 0.2) is 0 Å². The molecule has 2 bridgehead atoms. The Labute approximate surface area is 95.2 Å². The summed E-state index contributed by atoms with van der Waals surface area (Å²) in [6.45, 7) is 1.70.